The number of urea groups is 1. The Kier molecular flexibility index (Phi) is 5.07. The number of aromatic nitrogens is 2. The molecule has 1 fully saturated rings. The first-order chi connectivity index (χ1) is 11.3. The molecule has 0 atom stereocenters. The highest BCUT2D eigenvalue weighted by Crippen LogP contribution is 2.28. The zero-order chi connectivity index (χ0) is 16.1. The summed E-state index contributed by atoms with van der Waals surface area (Å²) < 4.78 is 4.17. The van der Waals surface area contributed by atoms with Gasteiger partial charge in [0.1, 0.15) is 5.82 Å². The third kappa shape index (κ3) is 3.98. The van der Waals surface area contributed by atoms with Gasteiger partial charge >= 0.3 is 6.03 Å². The maximum absolute atomic E-state index is 12.2. The number of nitrogens with one attached hydrogen (secondary N) is 2. The van der Waals surface area contributed by atoms with Crippen LogP contribution < -0.4 is 15.5 Å². The maximum Gasteiger partial charge on any atom is 0.325 e. The van der Waals surface area contributed by atoms with Crippen LogP contribution in [0.15, 0.2) is 24.3 Å². The molecule has 0 saturated carbocycles. The SMILES string of the molecule is CCc1nsc(NC(=O)Nc2ccccc2N2CCCCC2)n1. The molecule has 0 aliphatic carbocycles. The predicted molar refractivity (Wildman–Crippen MR) is 94.4 cm³/mol. The smallest absolute Gasteiger partial charge is 0.325 e. The van der Waals surface area contributed by atoms with E-state index < -0.39 is 0 Å². The monoisotopic (exact) mass is 331 g/mol. The summed E-state index contributed by atoms with van der Waals surface area (Å²) in [7, 11) is 0. The second kappa shape index (κ2) is 7.41. The first-order valence-corrected chi connectivity index (χ1v) is 8.78. The van der Waals surface area contributed by atoms with Crippen molar-refractivity contribution in [2.24, 2.45) is 0 Å². The molecule has 1 aliphatic heterocycles. The molecule has 1 aliphatic rings. The Morgan fingerprint density at radius 2 is 2.00 bits per heavy atom. The van der Waals surface area contributed by atoms with Gasteiger partial charge in [-0.1, -0.05) is 19.1 Å². The van der Waals surface area contributed by atoms with Gasteiger partial charge in [0.2, 0.25) is 5.13 Å². The van der Waals surface area contributed by atoms with Crippen LogP contribution in [0, 0.1) is 0 Å². The van der Waals surface area contributed by atoms with E-state index in [0.29, 0.717) is 5.13 Å². The maximum atomic E-state index is 12.2. The van der Waals surface area contributed by atoms with Crippen LogP contribution in [-0.2, 0) is 6.42 Å². The number of anilines is 3. The Labute approximate surface area is 140 Å². The summed E-state index contributed by atoms with van der Waals surface area (Å²) in [4.78, 5) is 18.8. The number of hydrogen-bond acceptors (Lipinski definition) is 5. The lowest BCUT2D eigenvalue weighted by molar-refractivity contribution is 0.262. The lowest BCUT2D eigenvalue weighted by Gasteiger charge is -2.30. The van der Waals surface area contributed by atoms with E-state index in [1.807, 2.05) is 25.1 Å². The van der Waals surface area contributed by atoms with Crippen LogP contribution in [0.4, 0.5) is 21.3 Å². The van der Waals surface area contributed by atoms with Crippen molar-refractivity contribution in [1.29, 1.82) is 0 Å². The highest BCUT2D eigenvalue weighted by Gasteiger charge is 2.16. The van der Waals surface area contributed by atoms with Crippen molar-refractivity contribution in [2.45, 2.75) is 32.6 Å². The second-order valence-corrected chi connectivity index (χ2v) is 6.27. The Morgan fingerprint density at radius 1 is 1.22 bits per heavy atom. The van der Waals surface area contributed by atoms with Crippen molar-refractivity contribution in [1.82, 2.24) is 9.36 Å². The van der Waals surface area contributed by atoms with Crippen LogP contribution in [-0.4, -0.2) is 28.5 Å². The third-order valence-corrected chi connectivity index (χ3v) is 4.52. The molecule has 2 N–H and O–H groups in total. The standard InChI is InChI=1S/C16H21N5OS/c1-2-14-18-16(23-20-14)19-15(22)17-12-8-4-5-9-13(12)21-10-6-3-7-11-21/h4-5,8-9H,2-3,6-7,10-11H2,1H3,(H2,17,18,19,20,22). The van der Waals surface area contributed by atoms with Crippen molar-refractivity contribution in [3.8, 4) is 0 Å². The number of nitrogens with zero attached hydrogens (tertiary/aromatic N) is 3. The minimum absolute atomic E-state index is 0.284. The van der Waals surface area contributed by atoms with E-state index in [-0.39, 0.29) is 6.03 Å². The summed E-state index contributed by atoms with van der Waals surface area (Å²) in [5.41, 5.74) is 1.90. The van der Waals surface area contributed by atoms with Gasteiger partial charge in [0, 0.05) is 31.0 Å². The van der Waals surface area contributed by atoms with E-state index in [0.717, 1.165) is 36.7 Å². The molecule has 0 unspecified atom stereocenters. The second-order valence-electron chi connectivity index (χ2n) is 5.51. The summed E-state index contributed by atoms with van der Waals surface area (Å²) >= 11 is 1.20. The first kappa shape index (κ1) is 15.7. The molecule has 2 amide bonds. The van der Waals surface area contributed by atoms with Crippen LogP contribution in [0.3, 0.4) is 0 Å². The lowest BCUT2D eigenvalue weighted by Crippen LogP contribution is -2.30. The van der Waals surface area contributed by atoms with E-state index >= 15 is 0 Å². The molecule has 3 rings (SSSR count). The van der Waals surface area contributed by atoms with E-state index in [1.54, 1.807) is 0 Å². The zero-order valence-electron chi connectivity index (χ0n) is 13.2. The van der Waals surface area contributed by atoms with Gasteiger partial charge < -0.3 is 10.2 Å². The average Bonchev–Trinajstić information content (AvgIpc) is 3.03. The quantitative estimate of drug-likeness (QED) is 0.895. The minimum atomic E-state index is -0.284. The molecule has 0 bridgehead atoms. The van der Waals surface area contributed by atoms with Crippen molar-refractivity contribution >= 4 is 34.1 Å². The number of carbonyl (C=O) groups is 1. The highest BCUT2D eigenvalue weighted by molar-refractivity contribution is 7.09. The molecule has 2 aromatic rings. The Bertz CT molecular complexity index is 666. The molecule has 0 spiro atoms. The molecule has 2 heterocycles. The molecule has 23 heavy (non-hydrogen) atoms. The summed E-state index contributed by atoms with van der Waals surface area (Å²) in [6, 6.07) is 7.64. The Hall–Kier alpha value is -2.15. The highest BCUT2D eigenvalue weighted by atomic mass is 32.1. The Balaban J connectivity index is 1.68. The van der Waals surface area contributed by atoms with Gasteiger partial charge in [0.25, 0.3) is 0 Å². The predicted octanol–water partition coefficient (Wildman–Crippen LogP) is 3.73. The lowest BCUT2D eigenvalue weighted by atomic mass is 10.1. The summed E-state index contributed by atoms with van der Waals surface area (Å²) in [5, 5.41) is 6.21. The molecular weight excluding hydrogens is 310 g/mol. The normalized spacial score (nSPS) is 14.6. The van der Waals surface area contributed by atoms with Crippen molar-refractivity contribution in [3.63, 3.8) is 0 Å². The minimum Gasteiger partial charge on any atom is -0.370 e. The number of carbonyl (C=O) groups excluding carboxylic acids is 1. The van der Waals surface area contributed by atoms with Gasteiger partial charge in [-0.3, -0.25) is 5.32 Å². The summed E-state index contributed by atoms with van der Waals surface area (Å²) in [6.07, 6.45) is 4.44. The largest absolute Gasteiger partial charge is 0.370 e. The van der Waals surface area contributed by atoms with Crippen LogP contribution in [0.5, 0.6) is 0 Å². The van der Waals surface area contributed by atoms with E-state index in [4.69, 9.17) is 0 Å². The number of benzene rings is 1. The molecule has 1 saturated heterocycles. The number of aryl methyl sites for hydroxylation is 1. The van der Waals surface area contributed by atoms with Gasteiger partial charge in [-0.15, -0.1) is 0 Å². The van der Waals surface area contributed by atoms with Crippen LogP contribution in [0.2, 0.25) is 0 Å². The molecule has 6 nitrogen and oxygen atoms in total. The van der Waals surface area contributed by atoms with Crippen LogP contribution in [0.1, 0.15) is 32.0 Å². The molecule has 0 radical (unpaired) electrons. The number of piperidine rings is 1. The summed E-state index contributed by atoms with van der Waals surface area (Å²) in [6.45, 7) is 4.06. The zero-order valence-corrected chi connectivity index (χ0v) is 14.0. The fourth-order valence-corrected chi connectivity index (χ4v) is 3.34. The fraction of sp³-hybridized carbons (Fsp3) is 0.438. The topological polar surface area (TPSA) is 70.2 Å². The van der Waals surface area contributed by atoms with Crippen molar-refractivity contribution < 1.29 is 4.79 Å². The van der Waals surface area contributed by atoms with E-state index in [9.17, 15) is 4.79 Å². The number of amides is 2. The van der Waals surface area contributed by atoms with E-state index in [1.165, 1.54) is 30.8 Å². The van der Waals surface area contributed by atoms with Crippen LogP contribution >= 0.6 is 11.5 Å². The molecule has 122 valence electrons. The molecule has 1 aromatic carbocycles. The van der Waals surface area contributed by atoms with Crippen molar-refractivity contribution in [2.75, 3.05) is 28.6 Å². The third-order valence-electron chi connectivity index (χ3n) is 3.85. The summed E-state index contributed by atoms with van der Waals surface area (Å²) in [5.74, 6) is 0.749. The molecular formula is C16H21N5OS. The van der Waals surface area contributed by atoms with Gasteiger partial charge in [-0.2, -0.15) is 4.37 Å². The van der Waals surface area contributed by atoms with Gasteiger partial charge in [0.05, 0.1) is 11.4 Å². The Morgan fingerprint density at radius 3 is 2.74 bits per heavy atom. The molecule has 7 heteroatoms. The fourth-order valence-electron chi connectivity index (χ4n) is 2.69. The average molecular weight is 331 g/mol. The van der Waals surface area contributed by atoms with Crippen molar-refractivity contribution in [3.05, 3.63) is 30.1 Å². The first-order valence-electron chi connectivity index (χ1n) is 8.01. The van der Waals surface area contributed by atoms with Crippen LogP contribution in [0.25, 0.3) is 0 Å². The number of hydrogen-bond donors (Lipinski definition) is 2. The van der Waals surface area contributed by atoms with Gasteiger partial charge in [-0.05, 0) is 31.4 Å². The van der Waals surface area contributed by atoms with E-state index in [2.05, 4.69) is 31.0 Å². The number of para-hydroxylation sites is 2. The number of rotatable bonds is 4. The molecule has 1 aromatic heterocycles. The van der Waals surface area contributed by atoms with Gasteiger partial charge in [-0.25, -0.2) is 9.78 Å². The van der Waals surface area contributed by atoms with Gasteiger partial charge in [0.15, 0.2) is 0 Å².